The van der Waals surface area contributed by atoms with Crippen LogP contribution in [0, 0.1) is 0 Å². The van der Waals surface area contributed by atoms with Gasteiger partial charge in [-0.1, -0.05) is 30.3 Å². The number of ether oxygens (including phenoxy) is 1. The zero-order valence-electron chi connectivity index (χ0n) is 14.7. The third kappa shape index (κ3) is 4.27. The number of likely N-dealkylation sites (N-methyl/N-ethyl adjacent to an activating group) is 1. The lowest BCUT2D eigenvalue weighted by molar-refractivity contribution is -0.130. The Bertz CT molecular complexity index is 938. The molecule has 0 radical (unpaired) electrons. The van der Waals surface area contributed by atoms with E-state index in [-0.39, 0.29) is 18.0 Å². The Kier molecular flexibility index (Phi) is 5.63. The molecule has 3 aromatic rings. The normalized spacial score (nSPS) is 10.7. The van der Waals surface area contributed by atoms with Gasteiger partial charge in [0.15, 0.2) is 0 Å². The molecule has 26 heavy (non-hydrogen) atoms. The summed E-state index contributed by atoms with van der Waals surface area (Å²) in [6, 6.07) is 16.7. The lowest BCUT2D eigenvalue weighted by Crippen LogP contribution is -2.35. The molecule has 134 valence electrons. The van der Waals surface area contributed by atoms with Crippen LogP contribution in [0.25, 0.3) is 10.9 Å². The lowest BCUT2D eigenvalue weighted by atomic mass is 10.2. The highest BCUT2D eigenvalue weighted by atomic mass is 16.5. The summed E-state index contributed by atoms with van der Waals surface area (Å²) in [6.45, 7) is 1.06. The minimum atomic E-state index is -0.204. The van der Waals surface area contributed by atoms with Crippen molar-refractivity contribution in [1.29, 1.82) is 0 Å². The third-order valence-electron chi connectivity index (χ3n) is 4.11. The van der Waals surface area contributed by atoms with E-state index < -0.39 is 0 Å². The van der Waals surface area contributed by atoms with Crippen molar-refractivity contribution in [2.75, 3.05) is 20.2 Å². The van der Waals surface area contributed by atoms with Crippen molar-refractivity contribution in [1.82, 2.24) is 14.5 Å². The standard InChI is InChI=1S/C20H21N3O3/c1-22(12-7-13-26-16-8-3-2-4-9-16)19(24)14-23-15-21-18-11-6-5-10-17(18)20(23)25/h2-6,8-11,15H,7,12-14H2,1H3. The summed E-state index contributed by atoms with van der Waals surface area (Å²) >= 11 is 0. The van der Waals surface area contributed by atoms with Crippen molar-refractivity contribution in [3.05, 3.63) is 71.3 Å². The predicted octanol–water partition coefficient (Wildman–Crippen LogP) is 2.32. The van der Waals surface area contributed by atoms with Gasteiger partial charge in [-0.3, -0.25) is 14.2 Å². The maximum atomic E-state index is 12.4. The van der Waals surface area contributed by atoms with Gasteiger partial charge in [0.05, 0.1) is 23.8 Å². The molecule has 6 heteroatoms. The van der Waals surface area contributed by atoms with Gasteiger partial charge in [0.1, 0.15) is 12.3 Å². The molecular weight excluding hydrogens is 330 g/mol. The second-order valence-electron chi connectivity index (χ2n) is 6.03. The molecule has 0 N–H and O–H groups in total. The van der Waals surface area contributed by atoms with E-state index in [1.807, 2.05) is 36.4 Å². The van der Waals surface area contributed by atoms with Crippen LogP contribution in [0.3, 0.4) is 0 Å². The molecule has 0 spiro atoms. The topological polar surface area (TPSA) is 64.4 Å². The van der Waals surface area contributed by atoms with Crippen LogP contribution in [-0.4, -0.2) is 40.6 Å². The fourth-order valence-corrected chi connectivity index (χ4v) is 2.62. The highest BCUT2D eigenvalue weighted by Crippen LogP contribution is 2.08. The van der Waals surface area contributed by atoms with E-state index in [0.717, 1.165) is 5.75 Å². The number of amides is 1. The van der Waals surface area contributed by atoms with Crippen molar-refractivity contribution in [2.24, 2.45) is 0 Å². The number of hydrogen-bond acceptors (Lipinski definition) is 4. The Balaban J connectivity index is 1.53. The van der Waals surface area contributed by atoms with Crippen LogP contribution in [0.4, 0.5) is 0 Å². The van der Waals surface area contributed by atoms with Crippen molar-refractivity contribution in [3.8, 4) is 5.75 Å². The maximum absolute atomic E-state index is 12.4. The molecule has 0 saturated heterocycles. The summed E-state index contributed by atoms with van der Waals surface area (Å²) in [6.07, 6.45) is 2.14. The maximum Gasteiger partial charge on any atom is 0.261 e. The van der Waals surface area contributed by atoms with Crippen LogP contribution >= 0.6 is 0 Å². The quantitative estimate of drug-likeness (QED) is 0.613. The molecule has 3 rings (SSSR count). The fourth-order valence-electron chi connectivity index (χ4n) is 2.62. The first-order valence-corrected chi connectivity index (χ1v) is 8.51. The van der Waals surface area contributed by atoms with E-state index in [1.165, 1.54) is 10.9 Å². The Morgan fingerprint density at radius 3 is 2.65 bits per heavy atom. The Hall–Kier alpha value is -3.15. The van der Waals surface area contributed by atoms with Crippen LogP contribution in [0.1, 0.15) is 6.42 Å². The smallest absolute Gasteiger partial charge is 0.261 e. The van der Waals surface area contributed by atoms with Crippen LogP contribution < -0.4 is 10.3 Å². The number of carbonyl (C=O) groups excluding carboxylic acids is 1. The second kappa shape index (κ2) is 8.29. The van der Waals surface area contributed by atoms with E-state index in [1.54, 1.807) is 30.1 Å². The SMILES string of the molecule is CN(CCCOc1ccccc1)C(=O)Cn1cnc2ccccc2c1=O. The molecule has 1 amide bonds. The molecule has 0 aliphatic heterocycles. The molecular formula is C20H21N3O3. The molecule has 0 aliphatic carbocycles. The summed E-state index contributed by atoms with van der Waals surface area (Å²) in [7, 11) is 1.73. The lowest BCUT2D eigenvalue weighted by Gasteiger charge is -2.18. The van der Waals surface area contributed by atoms with Crippen LogP contribution in [-0.2, 0) is 11.3 Å². The van der Waals surface area contributed by atoms with E-state index in [0.29, 0.717) is 30.5 Å². The minimum absolute atomic E-state index is 0.0211. The number of nitrogens with zero attached hydrogens (tertiary/aromatic N) is 3. The molecule has 0 atom stereocenters. The van der Waals surface area contributed by atoms with Gasteiger partial charge < -0.3 is 9.64 Å². The summed E-state index contributed by atoms with van der Waals surface area (Å²) in [5.41, 5.74) is 0.428. The van der Waals surface area contributed by atoms with Crippen molar-refractivity contribution in [2.45, 2.75) is 13.0 Å². The zero-order valence-corrected chi connectivity index (χ0v) is 14.7. The number of benzene rings is 2. The summed E-state index contributed by atoms with van der Waals surface area (Å²) in [5, 5.41) is 0.515. The monoisotopic (exact) mass is 351 g/mol. The van der Waals surface area contributed by atoms with E-state index in [9.17, 15) is 9.59 Å². The first kappa shape index (κ1) is 17.7. The molecule has 1 heterocycles. The third-order valence-corrected chi connectivity index (χ3v) is 4.11. The number of fused-ring (bicyclic) bond motifs is 1. The van der Waals surface area contributed by atoms with E-state index in [2.05, 4.69) is 4.98 Å². The number of rotatable bonds is 7. The first-order chi connectivity index (χ1) is 12.6. The van der Waals surface area contributed by atoms with Crippen LogP contribution in [0.2, 0.25) is 0 Å². The fraction of sp³-hybridized carbons (Fsp3) is 0.250. The van der Waals surface area contributed by atoms with Crippen molar-refractivity contribution in [3.63, 3.8) is 0 Å². The largest absolute Gasteiger partial charge is 0.494 e. The molecule has 0 bridgehead atoms. The van der Waals surface area contributed by atoms with Gasteiger partial charge in [0, 0.05) is 13.6 Å². The average Bonchev–Trinajstić information content (AvgIpc) is 2.68. The summed E-state index contributed by atoms with van der Waals surface area (Å²) in [4.78, 5) is 30.6. The highest BCUT2D eigenvalue weighted by Gasteiger charge is 2.12. The van der Waals surface area contributed by atoms with E-state index in [4.69, 9.17) is 4.74 Å². The van der Waals surface area contributed by atoms with Crippen molar-refractivity contribution < 1.29 is 9.53 Å². The van der Waals surface area contributed by atoms with Gasteiger partial charge in [-0.05, 0) is 30.7 Å². The number of aromatic nitrogens is 2. The molecule has 1 aromatic heterocycles. The van der Waals surface area contributed by atoms with Gasteiger partial charge in [-0.2, -0.15) is 0 Å². The average molecular weight is 351 g/mol. The van der Waals surface area contributed by atoms with E-state index >= 15 is 0 Å². The van der Waals surface area contributed by atoms with Gasteiger partial charge in [0.2, 0.25) is 5.91 Å². The van der Waals surface area contributed by atoms with Crippen LogP contribution in [0.5, 0.6) is 5.75 Å². The molecule has 0 aliphatic rings. The molecule has 2 aromatic carbocycles. The first-order valence-electron chi connectivity index (χ1n) is 8.51. The number of para-hydroxylation sites is 2. The van der Waals surface area contributed by atoms with Crippen molar-refractivity contribution >= 4 is 16.8 Å². The zero-order chi connectivity index (χ0) is 18.4. The Morgan fingerprint density at radius 1 is 1.12 bits per heavy atom. The highest BCUT2D eigenvalue weighted by molar-refractivity contribution is 5.78. The number of carbonyl (C=O) groups is 1. The van der Waals surface area contributed by atoms with Gasteiger partial charge in [-0.15, -0.1) is 0 Å². The Morgan fingerprint density at radius 2 is 1.85 bits per heavy atom. The molecule has 0 fully saturated rings. The minimum Gasteiger partial charge on any atom is -0.494 e. The molecule has 0 unspecified atom stereocenters. The van der Waals surface area contributed by atoms with Crippen LogP contribution in [0.15, 0.2) is 65.7 Å². The molecule has 0 saturated carbocycles. The molecule has 6 nitrogen and oxygen atoms in total. The van der Waals surface area contributed by atoms with Gasteiger partial charge in [-0.25, -0.2) is 4.98 Å². The second-order valence-corrected chi connectivity index (χ2v) is 6.03. The van der Waals surface area contributed by atoms with Gasteiger partial charge >= 0.3 is 0 Å². The van der Waals surface area contributed by atoms with Gasteiger partial charge in [0.25, 0.3) is 5.56 Å². The Labute approximate surface area is 151 Å². The number of hydrogen-bond donors (Lipinski definition) is 0. The summed E-state index contributed by atoms with van der Waals surface area (Å²) < 4.78 is 6.97. The summed E-state index contributed by atoms with van der Waals surface area (Å²) in [5.74, 6) is 0.680. The predicted molar refractivity (Wildman–Crippen MR) is 100 cm³/mol.